The van der Waals surface area contributed by atoms with Gasteiger partial charge in [0.25, 0.3) is 0 Å². The van der Waals surface area contributed by atoms with Crippen LogP contribution in [-0.4, -0.2) is 22.4 Å². The van der Waals surface area contributed by atoms with Crippen LogP contribution in [0.1, 0.15) is 36.1 Å². The summed E-state index contributed by atoms with van der Waals surface area (Å²) in [5.41, 5.74) is 4.79. The van der Waals surface area contributed by atoms with Crippen molar-refractivity contribution in [1.82, 2.24) is 0 Å². The Bertz CT molecular complexity index is 323. The van der Waals surface area contributed by atoms with E-state index in [0.29, 0.717) is 12.8 Å². The van der Waals surface area contributed by atoms with Crippen molar-refractivity contribution in [2.45, 2.75) is 52.7 Å². The summed E-state index contributed by atoms with van der Waals surface area (Å²) in [6.07, 6.45) is 0.722. The second-order valence-electron chi connectivity index (χ2n) is 4.81. The van der Waals surface area contributed by atoms with Crippen molar-refractivity contribution in [2.75, 3.05) is 0 Å². The Morgan fingerprint density at radius 1 is 0.875 bits per heavy atom. The van der Waals surface area contributed by atoms with Crippen molar-refractivity contribution in [3.8, 4) is 0 Å². The molecule has 0 saturated heterocycles. The van der Waals surface area contributed by atoms with Crippen molar-refractivity contribution in [3.63, 3.8) is 0 Å². The van der Waals surface area contributed by atoms with Gasteiger partial charge in [0, 0.05) is 0 Å². The molecule has 0 fully saturated rings. The zero-order chi connectivity index (χ0) is 12.3. The molecule has 2 heteroatoms. The van der Waals surface area contributed by atoms with Crippen LogP contribution < -0.4 is 0 Å². The molecule has 0 aliphatic carbocycles. The van der Waals surface area contributed by atoms with Gasteiger partial charge in [-0.15, -0.1) is 0 Å². The maximum atomic E-state index is 9.42. The van der Waals surface area contributed by atoms with E-state index >= 15 is 0 Å². The molecule has 2 nitrogen and oxygen atoms in total. The minimum atomic E-state index is -0.319. The molecule has 2 N–H and O–H groups in total. The standard InChI is InChI=1S/C14H22O2/c1-9-5-10(2)14(7-12(4)16)8-13(9)6-11(3)15/h5,8,11-12,15-16H,6-7H2,1-4H3. The van der Waals surface area contributed by atoms with E-state index < -0.39 is 0 Å². The normalized spacial score (nSPS) is 14.9. The number of rotatable bonds is 4. The number of hydrogen-bond acceptors (Lipinski definition) is 2. The molecule has 0 radical (unpaired) electrons. The van der Waals surface area contributed by atoms with E-state index in [9.17, 15) is 10.2 Å². The molecule has 0 spiro atoms. The van der Waals surface area contributed by atoms with Gasteiger partial charge in [-0.3, -0.25) is 0 Å². The SMILES string of the molecule is Cc1cc(C)c(CC(C)O)cc1CC(C)O. The third-order valence-corrected chi connectivity index (χ3v) is 2.83. The lowest BCUT2D eigenvalue weighted by Crippen LogP contribution is -2.10. The average molecular weight is 222 g/mol. The molecule has 1 aromatic rings. The molecule has 0 aliphatic heterocycles. The lowest BCUT2D eigenvalue weighted by atomic mass is 9.94. The number of aliphatic hydroxyl groups excluding tert-OH is 2. The first kappa shape index (κ1) is 13.2. The molecule has 0 bridgehead atoms. The zero-order valence-electron chi connectivity index (χ0n) is 10.6. The highest BCUT2D eigenvalue weighted by Crippen LogP contribution is 2.19. The van der Waals surface area contributed by atoms with Crippen LogP contribution in [0.4, 0.5) is 0 Å². The van der Waals surface area contributed by atoms with Crippen molar-refractivity contribution in [2.24, 2.45) is 0 Å². The maximum absolute atomic E-state index is 9.42. The molecule has 1 rings (SSSR count). The van der Waals surface area contributed by atoms with E-state index in [0.717, 1.165) is 0 Å². The Labute approximate surface area is 97.9 Å². The first-order chi connectivity index (χ1) is 7.40. The predicted molar refractivity (Wildman–Crippen MR) is 66.7 cm³/mol. The Hall–Kier alpha value is -0.860. The summed E-state index contributed by atoms with van der Waals surface area (Å²) in [7, 11) is 0. The molecule has 90 valence electrons. The van der Waals surface area contributed by atoms with Gasteiger partial charge in [0.15, 0.2) is 0 Å². The van der Waals surface area contributed by atoms with Gasteiger partial charge in [0.05, 0.1) is 12.2 Å². The van der Waals surface area contributed by atoms with E-state index in [2.05, 4.69) is 26.0 Å². The van der Waals surface area contributed by atoms with Crippen LogP contribution in [0.5, 0.6) is 0 Å². The average Bonchev–Trinajstić information content (AvgIpc) is 2.11. The van der Waals surface area contributed by atoms with Gasteiger partial charge in [-0.2, -0.15) is 0 Å². The molecule has 0 heterocycles. The molecular weight excluding hydrogens is 200 g/mol. The largest absolute Gasteiger partial charge is 0.393 e. The van der Waals surface area contributed by atoms with Crippen molar-refractivity contribution >= 4 is 0 Å². The van der Waals surface area contributed by atoms with Crippen molar-refractivity contribution < 1.29 is 10.2 Å². The molecule has 16 heavy (non-hydrogen) atoms. The van der Waals surface area contributed by atoms with Gasteiger partial charge >= 0.3 is 0 Å². The summed E-state index contributed by atoms with van der Waals surface area (Å²) in [5.74, 6) is 0. The van der Waals surface area contributed by atoms with Crippen LogP contribution in [0, 0.1) is 13.8 Å². The first-order valence-corrected chi connectivity index (χ1v) is 5.85. The Morgan fingerprint density at radius 3 is 1.56 bits per heavy atom. The monoisotopic (exact) mass is 222 g/mol. The number of aliphatic hydroxyl groups is 2. The molecule has 2 unspecified atom stereocenters. The fraction of sp³-hybridized carbons (Fsp3) is 0.571. The molecule has 1 aromatic carbocycles. The zero-order valence-corrected chi connectivity index (χ0v) is 10.6. The molecule has 0 aliphatic rings. The van der Waals surface area contributed by atoms with Crippen LogP contribution >= 0.6 is 0 Å². The quantitative estimate of drug-likeness (QED) is 0.819. The van der Waals surface area contributed by atoms with Crippen LogP contribution in [-0.2, 0) is 12.8 Å². The Kier molecular flexibility index (Phi) is 4.51. The number of aryl methyl sites for hydroxylation is 2. The minimum Gasteiger partial charge on any atom is -0.393 e. The van der Waals surface area contributed by atoms with Gasteiger partial charge in [-0.05, 0) is 62.8 Å². The third kappa shape index (κ3) is 3.62. The molecular formula is C14H22O2. The first-order valence-electron chi connectivity index (χ1n) is 5.85. The van der Waals surface area contributed by atoms with E-state index in [4.69, 9.17) is 0 Å². The van der Waals surface area contributed by atoms with Crippen molar-refractivity contribution in [1.29, 1.82) is 0 Å². The van der Waals surface area contributed by atoms with Crippen LogP contribution in [0.15, 0.2) is 12.1 Å². The summed E-state index contributed by atoms with van der Waals surface area (Å²) in [6, 6.07) is 4.25. The number of hydrogen-bond donors (Lipinski definition) is 2. The Balaban J connectivity index is 3.01. The summed E-state index contributed by atoms with van der Waals surface area (Å²) in [6.45, 7) is 7.73. The smallest absolute Gasteiger partial charge is 0.0552 e. The van der Waals surface area contributed by atoms with E-state index in [1.807, 2.05) is 0 Å². The lowest BCUT2D eigenvalue weighted by molar-refractivity contribution is 0.194. The summed E-state index contributed by atoms with van der Waals surface area (Å²) in [4.78, 5) is 0. The lowest BCUT2D eigenvalue weighted by Gasteiger charge is -2.14. The molecule has 0 aromatic heterocycles. The fourth-order valence-electron chi connectivity index (χ4n) is 2.02. The van der Waals surface area contributed by atoms with E-state index in [-0.39, 0.29) is 12.2 Å². The number of benzene rings is 1. The summed E-state index contributed by atoms with van der Waals surface area (Å²) < 4.78 is 0. The van der Waals surface area contributed by atoms with Crippen molar-refractivity contribution in [3.05, 3.63) is 34.4 Å². The van der Waals surface area contributed by atoms with E-state index in [1.165, 1.54) is 22.3 Å². The van der Waals surface area contributed by atoms with Gasteiger partial charge in [0.2, 0.25) is 0 Å². The molecule has 0 amide bonds. The van der Waals surface area contributed by atoms with Crippen LogP contribution in [0.2, 0.25) is 0 Å². The third-order valence-electron chi connectivity index (χ3n) is 2.83. The highest BCUT2D eigenvalue weighted by atomic mass is 16.3. The summed E-state index contributed by atoms with van der Waals surface area (Å²) in [5, 5.41) is 18.8. The highest BCUT2D eigenvalue weighted by molar-refractivity contribution is 5.37. The fourth-order valence-corrected chi connectivity index (χ4v) is 2.02. The van der Waals surface area contributed by atoms with Crippen LogP contribution in [0.25, 0.3) is 0 Å². The second-order valence-corrected chi connectivity index (χ2v) is 4.81. The van der Waals surface area contributed by atoms with Gasteiger partial charge < -0.3 is 10.2 Å². The van der Waals surface area contributed by atoms with Crippen LogP contribution in [0.3, 0.4) is 0 Å². The minimum absolute atomic E-state index is 0.319. The van der Waals surface area contributed by atoms with Gasteiger partial charge in [-0.1, -0.05) is 12.1 Å². The predicted octanol–water partition coefficient (Wildman–Crippen LogP) is 2.15. The van der Waals surface area contributed by atoms with Gasteiger partial charge in [0.1, 0.15) is 0 Å². The molecule has 0 saturated carbocycles. The Morgan fingerprint density at radius 2 is 1.25 bits per heavy atom. The van der Waals surface area contributed by atoms with E-state index in [1.54, 1.807) is 13.8 Å². The summed E-state index contributed by atoms with van der Waals surface area (Å²) >= 11 is 0. The highest BCUT2D eigenvalue weighted by Gasteiger charge is 2.08. The van der Waals surface area contributed by atoms with Gasteiger partial charge in [-0.25, -0.2) is 0 Å². The second kappa shape index (κ2) is 5.46. The maximum Gasteiger partial charge on any atom is 0.0552 e. The topological polar surface area (TPSA) is 40.5 Å². The molecule has 2 atom stereocenters.